The van der Waals surface area contributed by atoms with E-state index < -0.39 is 24.3 Å². The van der Waals surface area contributed by atoms with Crippen LogP contribution in [-0.2, 0) is 33.3 Å². The lowest BCUT2D eigenvalue weighted by atomic mass is 10.0. The normalized spacial score (nSPS) is 12.9. The molecule has 0 aromatic carbocycles. The van der Waals surface area contributed by atoms with Crippen molar-refractivity contribution in [1.29, 1.82) is 0 Å². The summed E-state index contributed by atoms with van der Waals surface area (Å²) in [4.78, 5) is 37.5. The third-order valence-electron chi connectivity index (χ3n) is 17.3. The monoisotopic (exact) mass is 1240 g/mol. The zero-order chi connectivity index (χ0) is 64.0. The van der Waals surface area contributed by atoms with Crippen LogP contribution in [0.25, 0.3) is 0 Å². The first-order valence-electron chi connectivity index (χ1n) is 38.3. The molecule has 0 aromatic rings. The summed E-state index contributed by atoms with van der Waals surface area (Å²) in [5.41, 5.74) is 0. The average molecular weight is 1240 g/mol. The van der Waals surface area contributed by atoms with Gasteiger partial charge in [-0.15, -0.1) is 0 Å². The van der Waals surface area contributed by atoms with Crippen molar-refractivity contribution in [3.8, 4) is 0 Å². The summed E-state index contributed by atoms with van der Waals surface area (Å²) >= 11 is 0. The third-order valence-corrected chi connectivity index (χ3v) is 17.3. The van der Waals surface area contributed by atoms with Crippen LogP contribution >= 0.6 is 0 Å². The van der Waals surface area contributed by atoms with Gasteiger partial charge < -0.3 is 33.3 Å². The first-order valence-corrected chi connectivity index (χ1v) is 38.3. The standard InChI is InChI=1S/C79H147NO8/c1-6-8-10-12-14-16-18-20-22-24-26-28-30-32-34-35-36-37-38-39-40-41-42-44-45-47-49-51-53-55-57-59-61-63-65-67-69-76(81)86-73-75(74-87-79(78(83)84)85-72-71-80(3,4)5)88-77(82)70-68-66-64-62-60-58-56-54-52-50-48-46-43-33-31-29-27-25-23-21-19-17-15-13-11-9-7-2/h9,11,15,17,21,23,27,29,75,79H,6-8,10,12-14,16,18-20,22,24-26,28,30-74H2,1-5H3/b11-9-,17-15-,23-21-,29-27-. The molecular formula is C79H147NO8. The number of carbonyl (C=O) groups excluding carboxylic acids is 3. The van der Waals surface area contributed by atoms with Gasteiger partial charge in [0.25, 0.3) is 0 Å². The molecule has 0 saturated carbocycles. The second kappa shape index (κ2) is 70.1. The maximum atomic E-state index is 12.9. The number of allylic oxidation sites excluding steroid dienone is 8. The lowest BCUT2D eigenvalue weighted by Crippen LogP contribution is -2.44. The lowest BCUT2D eigenvalue weighted by molar-refractivity contribution is -0.870. The summed E-state index contributed by atoms with van der Waals surface area (Å²) in [5.74, 6) is -2.26. The molecule has 0 aliphatic rings. The van der Waals surface area contributed by atoms with Crippen molar-refractivity contribution in [2.45, 2.75) is 392 Å². The highest BCUT2D eigenvalue weighted by Gasteiger charge is 2.22. The van der Waals surface area contributed by atoms with Crippen LogP contribution in [0.3, 0.4) is 0 Å². The van der Waals surface area contributed by atoms with E-state index in [9.17, 15) is 19.5 Å². The molecule has 9 heteroatoms. The van der Waals surface area contributed by atoms with Crippen LogP contribution in [0.4, 0.5) is 0 Å². The number of hydrogen-bond donors (Lipinski definition) is 0. The van der Waals surface area contributed by atoms with E-state index >= 15 is 0 Å². The van der Waals surface area contributed by atoms with Crippen molar-refractivity contribution in [3.63, 3.8) is 0 Å². The van der Waals surface area contributed by atoms with Gasteiger partial charge in [-0.05, 0) is 51.4 Å². The maximum absolute atomic E-state index is 12.9. The minimum atomic E-state index is -1.62. The zero-order valence-corrected chi connectivity index (χ0v) is 59.1. The summed E-state index contributed by atoms with van der Waals surface area (Å²) in [7, 11) is 5.94. The quantitative estimate of drug-likeness (QED) is 0.0195. The second-order valence-electron chi connectivity index (χ2n) is 27.3. The van der Waals surface area contributed by atoms with Crippen molar-refractivity contribution in [1.82, 2.24) is 0 Å². The molecule has 0 amide bonds. The van der Waals surface area contributed by atoms with E-state index in [1.54, 1.807) is 0 Å². The van der Waals surface area contributed by atoms with Gasteiger partial charge in [0.15, 0.2) is 12.4 Å². The molecule has 2 unspecified atom stereocenters. The number of ether oxygens (including phenoxy) is 4. The van der Waals surface area contributed by atoms with Crippen molar-refractivity contribution in [2.24, 2.45) is 0 Å². The van der Waals surface area contributed by atoms with Gasteiger partial charge >= 0.3 is 11.9 Å². The van der Waals surface area contributed by atoms with Gasteiger partial charge in [0, 0.05) is 12.8 Å². The largest absolute Gasteiger partial charge is 0.545 e. The molecule has 0 fully saturated rings. The van der Waals surface area contributed by atoms with Crippen LogP contribution < -0.4 is 5.11 Å². The van der Waals surface area contributed by atoms with Crippen molar-refractivity contribution >= 4 is 17.9 Å². The van der Waals surface area contributed by atoms with Crippen molar-refractivity contribution in [2.75, 3.05) is 47.5 Å². The van der Waals surface area contributed by atoms with E-state index in [2.05, 4.69) is 62.5 Å². The number of carboxylic acids is 1. The first-order chi connectivity index (χ1) is 43.1. The number of nitrogens with zero attached hydrogens (tertiary/aromatic N) is 1. The Morgan fingerprint density at radius 1 is 0.352 bits per heavy atom. The highest BCUT2D eigenvalue weighted by atomic mass is 16.7. The predicted molar refractivity (Wildman–Crippen MR) is 376 cm³/mol. The van der Waals surface area contributed by atoms with E-state index in [-0.39, 0.29) is 32.2 Å². The van der Waals surface area contributed by atoms with E-state index in [1.165, 1.54) is 289 Å². The van der Waals surface area contributed by atoms with Crippen LogP contribution in [0.2, 0.25) is 0 Å². The number of carboxylic acid groups (broad SMARTS) is 1. The Balaban J connectivity index is 3.98. The van der Waals surface area contributed by atoms with Gasteiger partial charge in [0.05, 0.1) is 40.3 Å². The Morgan fingerprint density at radius 2 is 0.648 bits per heavy atom. The summed E-state index contributed by atoms with van der Waals surface area (Å²) < 4.78 is 22.9. The van der Waals surface area contributed by atoms with Crippen molar-refractivity contribution < 1.29 is 42.9 Å². The fraction of sp³-hybridized carbons (Fsp3) is 0.861. The second-order valence-corrected chi connectivity index (χ2v) is 27.3. The number of unbranched alkanes of at least 4 members (excludes halogenated alkanes) is 49. The number of rotatable bonds is 72. The Labute approximate surface area is 546 Å². The van der Waals surface area contributed by atoms with Gasteiger partial charge in [-0.25, -0.2) is 0 Å². The molecule has 0 aliphatic heterocycles. The molecule has 0 N–H and O–H groups in total. The van der Waals surface area contributed by atoms with Crippen LogP contribution in [0.15, 0.2) is 48.6 Å². The van der Waals surface area contributed by atoms with E-state index in [0.717, 1.165) is 57.8 Å². The maximum Gasteiger partial charge on any atom is 0.306 e. The number of esters is 2. The van der Waals surface area contributed by atoms with Gasteiger partial charge in [-0.3, -0.25) is 9.59 Å². The third kappa shape index (κ3) is 70.7. The predicted octanol–water partition coefficient (Wildman–Crippen LogP) is 22.8. The minimum Gasteiger partial charge on any atom is -0.545 e. The number of likely N-dealkylation sites (N-methyl/N-ethyl adjacent to an activating group) is 1. The van der Waals surface area contributed by atoms with Crippen LogP contribution in [0, 0.1) is 0 Å². The average Bonchev–Trinajstić information content (AvgIpc) is 3.54. The Hall–Kier alpha value is -2.75. The number of quaternary nitrogens is 1. The summed E-state index contributed by atoms with van der Waals surface area (Å²) in [6, 6.07) is 0. The number of carbonyl (C=O) groups is 3. The highest BCUT2D eigenvalue weighted by Crippen LogP contribution is 2.20. The SMILES string of the molecule is CC/C=C\C/C=C\C/C=C\C/C=C\CCCCCCCCCCCCCCCCC(=O)OC(COC(=O)CCCCCCCCCCCCCCCCCCCCCCCCCCCCCCCCCCCCCC)COC(OCC[N+](C)(C)C)C(=O)[O-]. The molecule has 0 aliphatic carbocycles. The Kier molecular flexibility index (Phi) is 67.9. The van der Waals surface area contributed by atoms with Crippen LogP contribution in [-0.4, -0.2) is 82.3 Å². The van der Waals surface area contributed by atoms with Gasteiger partial charge in [-0.2, -0.15) is 0 Å². The molecule has 0 saturated heterocycles. The summed E-state index contributed by atoms with van der Waals surface area (Å²) in [5, 5.41) is 11.8. The van der Waals surface area contributed by atoms with E-state index in [4.69, 9.17) is 18.9 Å². The lowest BCUT2D eigenvalue weighted by Gasteiger charge is -2.26. The molecule has 88 heavy (non-hydrogen) atoms. The molecule has 0 rings (SSSR count). The summed E-state index contributed by atoms with van der Waals surface area (Å²) in [6.45, 7) is 4.70. The van der Waals surface area contributed by atoms with Gasteiger partial charge in [0.2, 0.25) is 0 Å². The molecule has 0 aromatic heterocycles. The minimum absolute atomic E-state index is 0.149. The molecule has 516 valence electrons. The van der Waals surface area contributed by atoms with E-state index in [1.807, 2.05) is 21.1 Å². The van der Waals surface area contributed by atoms with Crippen LogP contribution in [0.5, 0.6) is 0 Å². The summed E-state index contributed by atoms with van der Waals surface area (Å²) in [6.07, 6.45) is 88.0. The fourth-order valence-electron chi connectivity index (χ4n) is 11.5. The van der Waals surface area contributed by atoms with Crippen molar-refractivity contribution in [3.05, 3.63) is 48.6 Å². The Morgan fingerprint density at radius 3 is 0.966 bits per heavy atom. The molecule has 0 spiro atoms. The van der Waals surface area contributed by atoms with E-state index in [0.29, 0.717) is 23.9 Å². The van der Waals surface area contributed by atoms with Crippen LogP contribution in [0.1, 0.15) is 380 Å². The molecule has 0 radical (unpaired) electrons. The molecule has 9 nitrogen and oxygen atoms in total. The fourth-order valence-corrected chi connectivity index (χ4v) is 11.5. The molecule has 0 heterocycles. The molecule has 2 atom stereocenters. The zero-order valence-electron chi connectivity index (χ0n) is 59.1. The highest BCUT2D eigenvalue weighted by molar-refractivity contribution is 5.70. The molecular weight excluding hydrogens is 1090 g/mol. The Bertz CT molecular complexity index is 1580. The number of hydrogen-bond acceptors (Lipinski definition) is 8. The van der Waals surface area contributed by atoms with Gasteiger partial charge in [-0.1, -0.05) is 364 Å². The van der Waals surface area contributed by atoms with Gasteiger partial charge in [0.1, 0.15) is 13.2 Å². The first kappa shape index (κ1) is 85.2. The molecule has 0 bridgehead atoms. The number of aliphatic carboxylic acids is 1. The topological polar surface area (TPSA) is 111 Å². The smallest absolute Gasteiger partial charge is 0.306 e.